The van der Waals surface area contributed by atoms with Crippen LogP contribution >= 0.6 is 0 Å². The third-order valence-corrected chi connectivity index (χ3v) is 5.68. The van der Waals surface area contributed by atoms with Crippen molar-refractivity contribution in [1.82, 2.24) is 15.1 Å². The summed E-state index contributed by atoms with van der Waals surface area (Å²) in [6, 6.07) is 14.2. The van der Waals surface area contributed by atoms with Gasteiger partial charge in [0.2, 0.25) is 0 Å². The van der Waals surface area contributed by atoms with Crippen LogP contribution in [0.2, 0.25) is 0 Å². The van der Waals surface area contributed by atoms with E-state index < -0.39 is 0 Å². The number of rotatable bonds is 6. The zero-order chi connectivity index (χ0) is 19.3. The van der Waals surface area contributed by atoms with Gasteiger partial charge in [0.05, 0.1) is 23.9 Å². The van der Waals surface area contributed by atoms with Crippen LogP contribution in [0.5, 0.6) is 5.75 Å². The molecule has 1 N–H and O–H groups in total. The summed E-state index contributed by atoms with van der Waals surface area (Å²) >= 11 is 0. The Morgan fingerprint density at radius 3 is 2.71 bits per heavy atom. The van der Waals surface area contributed by atoms with E-state index in [-0.39, 0.29) is 5.91 Å². The van der Waals surface area contributed by atoms with Gasteiger partial charge in [-0.1, -0.05) is 24.3 Å². The number of benzene rings is 2. The van der Waals surface area contributed by atoms with Gasteiger partial charge in [-0.3, -0.25) is 9.89 Å². The van der Waals surface area contributed by atoms with Gasteiger partial charge in [-0.25, -0.2) is 0 Å². The van der Waals surface area contributed by atoms with E-state index in [1.165, 1.54) is 12.0 Å². The Morgan fingerprint density at radius 1 is 1.18 bits per heavy atom. The van der Waals surface area contributed by atoms with Crippen LogP contribution < -0.4 is 4.74 Å². The lowest BCUT2D eigenvalue weighted by Gasteiger charge is -2.32. The Hall–Kier alpha value is -2.82. The highest BCUT2D eigenvalue weighted by Crippen LogP contribution is 2.25. The molecule has 0 unspecified atom stereocenters. The number of carbonyl (C=O) groups excluding carboxylic acids is 1. The highest BCUT2D eigenvalue weighted by molar-refractivity contribution is 6.05. The zero-order valence-corrected chi connectivity index (χ0v) is 16.4. The van der Waals surface area contributed by atoms with Crippen LogP contribution in [0.4, 0.5) is 0 Å². The second-order valence-corrected chi connectivity index (χ2v) is 7.49. The number of ether oxygens (including phenoxy) is 1. The van der Waals surface area contributed by atoms with E-state index in [0.717, 1.165) is 54.6 Å². The molecule has 3 aromatic rings. The van der Waals surface area contributed by atoms with E-state index in [4.69, 9.17) is 4.74 Å². The maximum absolute atomic E-state index is 12.9. The van der Waals surface area contributed by atoms with Crippen LogP contribution in [0.15, 0.2) is 48.7 Å². The number of nitrogens with one attached hydrogen (secondary N) is 1. The molecule has 0 bridgehead atoms. The SMILES string of the molecule is CCOc1ccc(CCC2CCN(C(=O)c3cccc4cn[nH]c34)CC2)cc1. The van der Waals surface area contributed by atoms with Crippen molar-refractivity contribution in [3.63, 3.8) is 0 Å². The quantitative estimate of drug-likeness (QED) is 0.691. The number of fused-ring (bicyclic) bond motifs is 1. The highest BCUT2D eigenvalue weighted by atomic mass is 16.5. The molecule has 0 spiro atoms. The predicted molar refractivity (Wildman–Crippen MR) is 111 cm³/mol. The Kier molecular flexibility index (Phi) is 5.60. The monoisotopic (exact) mass is 377 g/mol. The van der Waals surface area contributed by atoms with E-state index >= 15 is 0 Å². The largest absolute Gasteiger partial charge is 0.494 e. The van der Waals surface area contributed by atoms with Crippen LogP contribution in [0.1, 0.15) is 42.1 Å². The fourth-order valence-electron chi connectivity index (χ4n) is 4.03. The van der Waals surface area contributed by atoms with E-state index in [9.17, 15) is 4.79 Å². The fraction of sp³-hybridized carbons (Fsp3) is 0.391. The molecule has 5 heteroatoms. The summed E-state index contributed by atoms with van der Waals surface area (Å²) in [5.41, 5.74) is 2.92. The third-order valence-electron chi connectivity index (χ3n) is 5.68. The smallest absolute Gasteiger partial charge is 0.256 e. The van der Waals surface area contributed by atoms with Gasteiger partial charge in [0.25, 0.3) is 5.91 Å². The van der Waals surface area contributed by atoms with E-state index in [1.807, 2.05) is 30.0 Å². The highest BCUT2D eigenvalue weighted by Gasteiger charge is 2.24. The van der Waals surface area contributed by atoms with Crippen molar-refractivity contribution in [2.45, 2.75) is 32.6 Å². The van der Waals surface area contributed by atoms with Gasteiger partial charge in [-0.05, 0) is 62.3 Å². The number of piperidine rings is 1. The first-order valence-electron chi connectivity index (χ1n) is 10.2. The number of nitrogens with zero attached hydrogens (tertiary/aromatic N) is 2. The minimum Gasteiger partial charge on any atom is -0.494 e. The molecule has 0 aliphatic carbocycles. The molecule has 5 nitrogen and oxygen atoms in total. The average molecular weight is 377 g/mol. The molecular weight excluding hydrogens is 350 g/mol. The van der Waals surface area contributed by atoms with Gasteiger partial charge in [0.15, 0.2) is 0 Å². The van der Waals surface area contributed by atoms with Crippen molar-refractivity contribution in [1.29, 1.82) is 0 Å². The predicted octanol–water partition coefficient (Wildman–Crippen LogP) is 4.45. The van der Waals surface area contributed by atoms with Crippen LogP contribution in [-0.2, 0) is 6.42 Å². The molecule has 1 aliphatic heterocycles. The molecular formula is C23H27N3O2. The molecule has 4 rings (SSSR count). The van der Waals surface area contributed by atoms with Crippen molar-refractivity contribution in [3.05, 3.63) is 59.8 Å². The Labute approximate surface area is 165 Å². The molecule has 0 radical (unpaired) electrons. The number of H-pyrrole nitrogens is 1. The number of hydrogen-bond donors (Lipinski definition) is 1. The topological polar surface area (TPSA) is 58.2 Å². The number of aromatic amines is 1. The molecule has 1 amide bonds. The van der Waals surface area contributed by atoms with Crippen molar-refractivity contribution in [3.8, 4) is 5.75 Å². The van der Waals surface area contributed by atoms with Crippen molar-refractivity contribution in [2.75, 3.05) is 19.7 Å². The molecule has 146 valence electrons. The lowest BCUT2D eigenvalue weighted by Crippen LogP contribution is -2.38. The van der Waals surface area contributed by atoms with Gasteiger partial charge < -0.3 is 9.64 Å². The number of amides is 1. The van der Waals surface area contributed by atoms with Crippen LogP contribution in [-0.4, -0.2) is 40.7 Å². The van der Waals surface area contributed by atoms with E-state index in [1.54, 1.807) is 6.20 Å². The second-order valence-electron chi connectivity index (χ2n) is 7.49. The van der Waals surface area contributed by atoms with Crippen LogP contribution in [0, 0.1) is 5.92 Å². The maximum atomic E-state index is 12.9. The normalized spacial score (nSPS) is 15.1. The standard InChI is InChI=1S/C23H27N3O2/c1-2-28-20-10-8-17(9-11-20)6-7-18-12-14-26(15-13-18)23(27)21-5-3-4-19-16-24-25-22(19)21/h3-5,8-11,16,18H,2,6-7,12-15H2,1H3,(H,24,25). The maximum Gasteiger partial charge on any atom is 0.256 e. The van der Waals surface area contributed by atoms with Gasteiger partial charge in [-0.15, -0.1) is 0 Å². The molecule has 2 aromatic carbocycles. The van der Waals surface area contributed by atoms with Crippen molar-refractivity contribution in [2.24, 2.45) is 5.92 Å². The van der Waals surface area contributed by atoms with Gasteiger partial charge >= 0.3 is 0 Å². The molecule has 28 heavy (non-hydrogen) atoms. The molecule has 0 saturated carbocycles. The first-order chi connectivity index (χ1) is 13.7. The molecule has 2 heterocycles. The first kappa shape index (κ1) is 18.5. The lowest BCUT2D eigenvalue weighted by atomic mass is 9.90. The summed E-state index contributed by atoms with van der Waals surface area (Å²) in [6.07, 6.45) is 6.16. The summed E-state index contributed by atoms with van der Waals surface area (Å²) in [7, 11) is 0. The Morgan fingerprint density at radius 2 is 1.96 bits per heavy atom. The molecule has 1 aliphatic rings. The number of hydrogen-bond acceptors (Lipinski definition) is 3. The Bertz CT molecular complexity index is 924. The minimum atomic E-state index is 0.111. The lowest BCUT2D eigenvalue weighted by molar-refractivity contribution is 0.0688. The number of aromatic nitrogens is 2. The minimum absolute atomic E-state index is 0.111. The van der Waals surface area contributed by atoms with E-state index in [2.05, 4.69) is 34.5 Å². The van der Waals surface area contributed by atoms with Crippen molar-refractivity contribution < 1.29 is 9.53 Å². The summed E-state index contributed by atoms with van der Waals surface area (Å²) in [4.78, 5) is 14.9. The molecule has 0 atom stereocenters. The summed E-state index contributed by atoms with van der Waals surface area (Å²) < 4.78 is 5.50. The molecule has 1 aromatic heterocycles. The summed E-state index contributed by atoms with van der Waals surface area (Å²) in [6.45, 7) is 4.36. The number of likely N-dealkylation sites (tertiary alicyclic amines) is 1. The van der Waals surface area contributed by atoms with Crippen molar-refractivity contribution >= 4 is 16.8 Å². The summed E-state index contributed by atoms with van der Waals surface area (Å²) in [5, 5.41) is 8.01. The van der Waals surface area contributed by atoms with Crippen LogP contribution in [0.3, 0.4) is 0 Å². The number of aryl methyl sites for hydroxylation is 1. The van der Waals surface area contributed by atoms with Crippen LogP contribution in [0.25, 0.3) is 10.9 Å². The summed E-state index contributed by atoms with van der Waals surface area (Å²) in [5.74, 6) is 1.73. The average Bonchev–Trinajstić information content (AvgIpc) is 3.22. The second kappa shape index (κ2) is 8.46. The number of carbonyl (C=O) groups is 1. The zero-order valence-electron chi connectivity index (χ0n) is 16.4. The van der Waals surface area contributed by atoms with Gasteiger partial charge in [-0.2, -0.15) is 5.10 Å². The first-order valence-corrected chi connectivity index (χ1v) is 10.2. The van der Waals surface area contributed by atoms with E-state index in [0.29, 0.717) is 12.5 Å². The Balaban J connectivity index is 1.29. The third kappa shape index (κ3) is 4.03. The molecule has 1 saturated heterocycles. The number of para-hydroxylation sites is 1. The van der Waals surface area contributed by atoms with Gasteiger partial charge in [0, 0.05) is 18.5 Å². The van der Waals surface area contributed by atoms with Gasteiger partial charge in [0.1, 0.15) is 5.75 Å². The fourth-order valence-corrected chi connectivity index (χ4v) is 4.03. The molecule has 1 fully saturated rings.